The van der Waals surface area contributed by atoms with E-state index < -0.39 is 0 Å². The van der Waals surface area contributed by atoms with Gasteiger partial charge in [-0.25, -0.2) is 0 Å². The van der Waals surface area contributed by atoms with Crippen LogP contribution in [0.1, 0.15) is 127 Å². The lowest BCUT2D eigenvalue weighted by Crippen LogP contribution is -2.25. The molecule has 0 saturated heterocycles. The highest BCUT2D eigenvalue weighted by Gasteiger charge is 2.41. The molecule has 1 atom stereocenters. The first-order valence-corrected chi connectivity index (χ1v) is 14.0. The summed E-state index contributed by atoms with van der Waals surface area (Å²) in [6, 6.07) is 16.5. The Morgan fingerprint density at radius 3 is 1.94 bits per heavy atom. The lowest BCUT2D eigenvalue weighted by Gasteiger charge is -2.33. The van der Waals surface area contributed by atoms with Crippen LogP contribution in [0.3, 0.4) is 0 Å². The Bertz CT molecular complexity index is 815. The van der Waals surface area contributed by atoms with Crippen molar-refractivity contribution in [1.29, 1.82) is 0 Å². The van der Waals surface area contributed by atoms with Crippen molar-refractivity contribution in [2.45, 2.75) is 123 Å². The molecule has 0 heterocycles. The first kappa shape index (κ1) is 27.4. The molecule has 0 fully saturated rings. The molecule has 0 aliphatic heterocycles. The van der Waals surface area contributed by atoms with Gasteiger partial charge in [0.2, 0.25) is 0 Å². The number of rotatable bonds is 15. The van der Waals surface area contributed by atoms with E-state index in [-0.39, 0.29) is 5.41 Å². The fourth-order valence-electron chi connectivity index (χ4n) is 5.69. The SMILES string of the molecule is C=CCCCCCCCC1(CCCCCCCC)c2ccccc2-c2ccc(C)cc21.CC. The lowest BCUT2D eigenvalue weighted by atomic mass is 9.70. The fraction of sp³-hybridized carbons (Fsp3) is 0.576. The largest absolute Gasteiger partial charge is 0.103 e. The number of fused-ring (bicyclic) bond motifs is 3. The second kappa shape index (κ2) is 15.2. The number of hydrogen-bond acceptors (Lipinski definition) is 0. The van der Waals surface area contributed by atoms with Crippen molar-refractivity contribution in [3.63, 3.8) is 0 Å². The van der Waals surface area contributed by atoms with Crippen molar-refractivity contribution in [3.05, 3.63) is 71.8 Å². The van der Waals surface area contributed by atoms with Crippen molar-refractivity contribution in [2.24, 2.45) is 0 Å². The van der Waals surface area contributed by atoms with Crippen molar-refractivity contribution in [3.8, 4) is 11.1 Å². The van der Waals surface area contributed by atoms with Gasteiger partial charge in [0.05, 0.1) is 0 Å². The van der Waals surface area contributed by atoms with E-state index in [1.54, 1.807) is 11.1 Å². The van der Waals surface area contributed by atoms with E-state index >= 15 is 0 Å². The first-order chi connectivity index (χ1) is 16.2. The average Bonchev–Trinajstić information content (AvgIpc) is 3.11. The third-order valence-corrected chi connectivity index (χ3v) is 7.39. The molecular weight excluding hydrogens is 396 g/mol. The molecule has 0 radical (unpaired) electrons. The van der Waals surface area contributed by atoms with Gasteiger partial charge in [-0.1, -0.05) is 139 Å². The van der Waals surface area contributed by atoms with E-state index in [2.05, 4.69) is 69.0 Å². The predicted molar refractivity (Wildman–Crippen MR) is 149 cm³/mol. The van der Waals surface area contributed by atoms with Crippen LogP contribution in [0, 0.1) is 6.92 Å². The van der Waals surface area contributed by atoms with E-state index in [9.17, 15) is 0 Å². The standard InChI is InChI=1S/C31H44.C2H6/c1-4-6-8-10-12-14-18-24-31(23-17-13-11-9-7-5-2)29-20-16-15-19-27(29)28-22-21-26(3)25-30(28)31;1-2/h4,15-16,19-22,25H,1,5-14,17-18,23-24H2,2-3H3;1-2H3. The molecule has 0 heteroatoms. The fourth-order valence-corrected chi connectivity index (χ4v) is 5.69. The Balaban J connectivity index is 0.00000187. The van der Waals surface area contributed by atoms with Crippen molar-refractivity contribution < 1.29 is 0 Å². The van der Waals surface area contributed by atoms with E-state index in [0.717, 1.165) is 0 Å². The Kier molecular flexibility index (Phi) is 12.6. The highest BCUT2D eigenvalue weighted by molar-refractivity contribution is 5.81. The number of unbranched alkanes of at least 4 members (excludes halogenated alkanes) is 10. The van der Waals surface area contributed by atoms with Crippen molar-refractivity contribution in [2.75, 3.05) is 0 Å². The summed E-state index contributed by atoms with van der Waals surface area (Å²) in [4.78, 5) is 0. The minimum Gasteiger partial charge on any atom is -0.103 e. The second-order valence-corrected chi connectivity index (χ2v) is 9.79. The normalized spacial score (nSPS) is 16.0. The van der Waals surface area contributed by atoms with Crippen LogP contribution >= 0.6 is 0 Å². The first-order valence-electron chi connectivity index (χ1n) is 14.0. The molecule has 33 heavy (non-hydrogen) atoms. The van der Waals surface area contributed by atoms with Gasteiger partial charge in [-0.3, -0.25) is 0 Å². The Morgan fingerprint density at radius 2 is 1.27 bits per heavy atom. The Hall–Kier alpha value is -1.82. The van der Waals surface area contributed by atoms with Crippen LogP contribution in [0.5, 0.6) is 0 Å². The van der Waals surface area contributed by atoms with Gasteiger partial charge in [-0.05, 0) is 54.9 Å². The molecule has 0 nitrogen and oxygen atoms in total. The molecule has 0 saturated carbocycles. The van der Waals surface area contributed by atoms with Crippen LogP contribution < -0.4 is 0 Å². The maximum Gasteiger partial charge on any atom is 0.0215 e. The topological polar surface area (TPSA) is 0 Å². The number of hydrogen-bond donors (Lipinski definition) is 0. The van der Waals surface area contributed by atoms with Crippen LogP contribution in [-0.4, -0.2) is 0 Å². The van der Waals surface area contributed by atoms with Crippen LogP contribution in [0.15, 0.2) is 55.1 Å². The van der Waals surface area contributed by atoms with Crippen molar-refractivity contribution >= 4 is 0 Å². The smallest absolute Gasteiger partial charge is 0.0215 e. The maximum absolute atomic E-state index is 3.86. The molecule has 1 aliphatic rings. The maximum atomic E-state index is 3.86. The molecule has 0 aromatic heterocycles. The highest BCUT2D eigenvalue weighted by atomic mass is 14.4. The van der Waals surface area contributed by atoms with Gasteiger partial charge in [-0.2, -0.15) is 0 Å². The van der Waals surface area contributed by atoms with Crippen LogP contribution in [0.2, 0.25) is 0 Å². The van der Waals surface area contributed by atoms with Gasteiger partial charge in [0.15, 0.2) is 0 Å². The molecule has 0 bridgehead atoms. The Labute approximate surface area is 205 Å². The minimum atomic E-state index is 0.226. The molecule has 2 aromatic carbocycles. The van der Waals surface area contributed by atoms with E-state index in [0.29, 0.717) is 0 Å². The van der Waals surface area contributed by atoms with Crippen molar-refractivity contribution in [1.82, 2.24) is 0 Å². The van der Waals surface area contributed by atoms with Gasteiger partial charge >= 0.3 is 0 Å². The van der Waals surface area contributed by atoms with E-state index in [1.165, 1.54) is 107 Å². The van der Waals surface area contributed by atoms with Gasteiger partial charge < -0.3 is 0 Å². The Morgan fingerprint density at radius 1 is 0.697 bits per heavy atom. The molecule has 3 rings (SSSR count). The molecular formula is C33H50. The zero-order chi connectivity index (χ0) is 23.9. The molecule has 0 amide bonds. The summed E-state index contributed by atoms with van der Waals surface area (Å²) in [7, 11) is 0. The number of benzene rings is 2. The van der Waals surface area contributed by atoms with Crippen LogP contribution in [0.25, 0.3) is 11.1 Å². The molecule has 2 aromatic rings. The van der Waals surface area contributed by atoms with Gasteiger partial charge in [0.1, 0.15) is 0 Å². The summed E-state index contributed by atoms with van der Waals surface area (Å²) in [5.41, 5.74) is 7.85. The number of allylic oxidation sites excluding steroid dienone is 1. The monoisotopic (exact) mass is 446 g/mol. The van der Waals surface area contributed by atoms with Gasteiger partial charge in [0.25, 0.3) is 0 Å². The van der Waals surface area contributed by atoms with E-state index in [1.807, 2.05) is 13.8 Å². The summed E-state index contributed by atoms with van der Waals surface area (Å²) in [5, 5.41) is 0. The zero-order valence-corrected chi connectivity index (χ0v) is 22.2. The second-order valence-electron chi connectivity index (χ2n) is 9.79. The predicted octanol–water partition coefficient (Wildman–Crippen LogP) is 11.0. The third-order valence-electron chi connectivity index (χ3n) is 7.39. The summed E-state index contributed by atoms with van der Waals surface area (Å²) >= 11 is 0. The lowest BCUT2D eigenvalue weighted by molar-refractivity contribution is 0.398. The summed E-state index contributed by atoms with van der Waals surface area (Å²) in [6.45, 7) is 12.4. The van der Waals surface area contributed by atoms with E-state index in [4.69, 9.17) is 0 Å². The van der Waals surface area contributed by atoms with Crippen LogP contribution in [-0.2, 0) is 5.41 Å². The zero-order valence-electron chi connectivity index (χ0n) is 22.2. The molecule has 1 unspecified atom stereocenters. The summed E-state index contributed by atoms with van der Waals surface area (Å²) in [5.74, 6) is 0. The average molecular weight is 447 g/mol. The molecule has 0 spiro atoms. The summed E-state index contributed by atoms with van der Waals surface area (Å²) < 4.78 is 0. The molecule has 1 aliphatic carbocycles. The molecule has 182 valence electrons. The van der Waals surface area contributed by atoms with Gasteiger partial charge in [-0.15, -0.1) is 6.58 Å². The molecule has 0 N–H and O–H groups in total. The number of aryl methyl sites for hydroxylation is 1. The highest BCUT2D eigenvalue weighted by Crippen LogP contribution is 2.54. The quantitative estimate of drug-likeness (QED) is 0.188. The van der Waals surface area contributed by atoms with Gasteiger partial charge in [0, 0.05) is 5.41 Å². The minimum absolute atomic E-state index is 0.226. The third kappa shape index (κ3) is 7.33. The van der Waals surface area contributed by atoms with Crippen LogP contribution in [0.4, 0.5) is 0 Å². The summed E-state index contributed by atoms with van der Waals surface area (Å²) in [6.07, 6.45) is 20.8.